The molecule has 4 nitrogen and oxygen atoms in total. The van der Waals surface area contributed by atoms with Crippen molar-refractivity contribution in [1.29, 1.82) is 0 Å². The number of carbonyl (C=O) groups is 1. The highest BCUT2D eigenvalue weighted by atomic mass is 35.5. The van der Waals surface area contributed by atoms with E-state index in [1.807, 2.05) is 23.1 Å². The molecule has 0 N–H and O–H groups in total. The Morgan fingerprint density at radius 1 is 1.24 bits per heavy atom. The number of amides is 1. The second kappa shape index (κ2) is 7.58. The molecule has 1 aliphatic heterocycles. The van der Waals surface area contributed by atoms with Crippen LogP contribution in [-0.2, 0) is 0 Å². The number of thioether (sulfide) groups is 1. The summed E-state index contributed by atoms with van der Waals surface area (Å²) >= 11 is 8.07. The summed E-state index contributed by atoms with van der Waals surface area (Å²) in [6, 6.07) is 11.3. The van der Waals surface area contributed by atoms with Crippen molar-refractivity contribution in [2.45, 2.75) is 23.5 Å². The quantitative estimate of drug-likeness (QED) is 0.763. The number of anilines is 1. The van der Waals surface area contributed by atoms with Crippen LogP contribution in [0.3, 0.4) is 0 Å². The molecule has 0 bridgehead atoms. The minimum absolute atomic E-state index is 0.0926. The molecule has 1 unspecified atom stereocenters. The van der Waals surface area contributed by atoms with Gasteiger partial charge in [0.2, 0.25) is 0 Å². The Morgan fingerprint density at radius 2 is 2.00 bits per heavy atom. The van der Waals surface area contributed by atoms with Crippen LogP contribution in [0.1, 0.15) is 23.7 Å². The van der Waals surface area contributed by atoms with E-state index >= 15 is 0 Å². The second-order valence-corrected chi connectivity index (χ2v) is 7.72. The maximum absolute atomic E-state index is 13.2. The molecule has 0 saturated heterocycles. The van der Waals surface area contributed by atoms with E-state index < -0.39 is 0 Å². The minimum Gasteiger partial charge on any atom is -0.493 e. The average molecular weight is 378 g/mol. The third-order valence-corrected chi connectivity index (χ3v) is 5.69. The molecule has 0 spiro atoms. The van der Waals surface area contributed by atoms with Crippen LogP contribution in [-0.4, -0.2) is 31.9 Å². The zero-order valence-electron chi connectivity index (χ0n) is 14.4. The summed E-state index contributed by atoms with van der Waals surface area (Å²) in [6.07, 6.45) is 0.923. The van der Waals surface area contributed by atoms with Crippen LogP contribution in [0.2, 0.25) is 5.02 Å². The molecule has 1 amide bonds. The predicted molar refractivity (Wildman–Crippen MR) is 103 cm³/mol. The highest BCUT2D eigenvalue weighted by Crippen LogP contribution is 2.40. The van der Waals surface area contributed by atoms with Crippen LogP contribution < -0.4 is 14.4 Å². The molecule has 132 valence electrons. The zero-order valence-corrected chi connectivity index (χ0v) is 16.0. The van der Waals surface area contributed by atoms with Gasteiger partial charge in [-0.05, 0) is 30.7 Å². The molecular formula is C19H20ClNO3S. The van der Waals surface area contributed by atoms with Gasteiger partial charge in [-0.1, -0.05) is 30.7 Å². The molecule has 2 aromatic carbocycles. The number of rotatable bonds is 3. The number of methoxy groups -OCH3 is 2. The monoisotopic (exact) mass is 377 g/mol. The molecule has 1 aliphatic rings. The minimum atomic E-state index is -0.0926. The summed E-state index contributed by atoms with van der Waals surface area (Å²) < 4.78 is 10.6. The maximum atomic E-state index is 13.2. The number of benzene rings is 2. The molecule has 0 aliphatic carbocycles. The van der Waals surface area contributed by atoms with Gasteiger partial charge in [0.15, 0.2) is 11.5 Å². The van der Waals surface area contributed by atoms with E-state index in [2.05, 4.69) is 13.0 Å². The molecule has 3 rings (SSSR count). The van der Waals surface area contributed by atoms with E-state index in [0.29, 0.717) is 33.9 Å². The van der Waals surface area contributed by atoms with Crippen molar-refractivity contribution in [1.82, 2.24) is 0 Å². The van der Waals surface area contributed by atoms with Crippen LogP contribution in [0.15, 0.2) is 41.3 Å². The summed E-state index contributed by atoms with van der Waals surface area (Å²) in [5.74, 6) is 0.787. The van der Waals surface area contributed by atoms with E-state index in [1.54, 1.807) is 23.9 Å². The highest BCUT2D eigenvalue weighted by Gasteiger charge is 2.26. The molecule has 0 aromatic heterocycles. The SMILES string of the molecule is COc1cc(C(=O)N2CCC(C)Sc3ccccc32)cc(Cl)c1OC. The van der Waals surface area contributed by atoms with Gasteiger partial charge in [-0.2, -0.15) is 0 Å². The first-order valence-corrected chi connectivity index (χ1v) is 9.30. The first kappa shape index (κ1) is 18.0. The molecule has 1 atom stereocenters. The molecule has 1 heterocycles. The number of nitrogens with zero attached hydrogens (tertiary/aromatic N) is 1. The number of halogens is 1. The Hall–Kier alpha value is -1.85. The van der Waals surface area contributed by atoms with E-state index in [4.69, 9.17) is 21.1 Å². The fraction of sp³-hybridized carbons (Fsp3) is 0.316. The van der Waals surface area contributed by atoms with E-state index in [0.717, 1.165) is 17.0 Å². The van der Waals surface area contributed by atoms with Gasteiger partial charge in [0.05, 0.1) is 24.9 Å². The first-order valence-electron chi connectivity index (χ1n) is 8.04. The fourth-order valence-corrected chi connectivity index (χ4v) is 4.30. The Morgan fingerprint density at radius 3 is 2.72 bits per heavy atom. The van der Waals surface area contributed by atoms with Gasteiger partial charge in [-0.3, -0.25) is 4.79 Å². The zero-order chi connectivity index (χ0) is 18.0. The van der Waals surface area contributed by atoms with E-state index in [-0.39, 0.29) is 5.91 Å². The fourth-order valence-electron chi connectivity index (χ4n) is 2.90. The average Bonchev–Trinajstić information content (AvgIpc) is 2.78. The van der Waals surface area contributed by atoms with Crippen LogP contribution in [0, 0.1) is 0 Å². The highest BCUT2D eigenvalue weighted by molar-refractivity contribution is 8.00. The molecule has 0 saturated carbocycles. The van der Waals surface area contributed by atoms with Crippen molar-refractivity contribution < 1.29 is 14.3 Å². The largest absolute Gasteiger partial charge is 0.493 e. The van der Waals surface area contributed by atoms with Crippen molar-refractivity contribution in [2.24, 2.45) is 0 Å². The Bertz CT molecular complexity index is 796. The number of hydrogen-bond donors (Lipinski definition) is 0. The second-order valence-electron chi connectivity index (χ2n) is 5.84. The Kier molecular flexibility index (Phi) is 5.45. The van der Waals surface area contributed by atoms with Gasteiger partial charge in [0.1, 0.15) is 0 Å². The van der Waals surface area contributed by atoms with Gasteiger partial charge in [0.25, 0.3) is 5.91 Å². The summed E-state index contributed by atoms with van der Waals surface area (Å²) in [7, 11) is 3.05. The van der Waals surface area contributed by atoms with E-state index in [9.17, 15) is 4.79 Å². The van der Waals surface area contributed by atoms with Crippen molar-refractivity contribution >= 4 is 35.0 Å². The third-order valence-electron chi connectivity index (χ3n) is 4.17. The molecule has 2 aromatic rings. The van der Waals surface area contributed by atoms with Gasteiger partial charge in [-0.15, -0.1) is 11.8 Å². The molecular weight excluding hydrogens is 358 g/mol. The predicted octanol–water partition coefficient (Wildman–Crippen LogP) is 4.89. The number of hydrogen-bond acceptors (Lipinski definition) is 4. The Labute approximate surface area is 157 Å². The topological polar surface area (TPSA) is 38.8 Å². The normalized spacial score (nSPS) is 16.8. The number of fused-ring (bicyclic) bond motifs is 1. The van der Waals surface area contributed by atoms with Gasteiger partial charge >= 0.3 is 0 Å². The van der Waals surface area contributed by atoms with Crippen LogP contribution in [0.25, 0.3) is 0 Å². The lowest BCUT2D eigenvalue weighted by Gasteiger charge is -2.23. The van der Waals surface area contributed by atoms with Crippen molar-refractivity contribution in [3.05, 3.63) is 47.0 Å². The summed E-state index contributed by atoms with van der Waals surface area (Å²) in [5.41, 5.74) is 1.42. The number of carbonyl (C=O) groups excluding carboxylic acids is 1. The van der Waals surface area contributed by atoms with Crippen LogP contribution in [0.4, 0.5) is 5.69 Å². The van der Waals surface area contributed by atoms with Crippen molar-refractivity contribution in [3.63, 3.8) is 0 Å². The van der Waals surface area contributed by atoms with Gasteiger partial charge in [-0.25, -0.2) is 0 Å². The summed E-state index contributed by atoms with van der Waals surface area (Å²) in [5, 5.41) is 0.809. The number of para-hydroxylation sites is 1. The lowest BCUT2D eigenvalue weighted by molar-refractivity contribution is 0.0986. The standard InChI is InChI=1S/C19H20ClNO3S/c1-12-8-9-21(15-6-4-5-7-17(15)25-12)19(22)13-10-14(20)18(24-3)16(11-13)23-2/h4-7,10-12H,8-9H2,1-3H3. The smallest absolute Gasteiger partial charge is 0.258 e. The molecule has 6 heteroatoms. The summed E-state index contributed by atoms with van der Waals surface area (Å²) in [6.45, 7) is 2.85. The molecule has 25 heavy (non-hydrogen) atoms. The lowest BCUT2D eigenvalue weighted by Crippen LogP contribution is -2.32. The van der Waals surface area contributed by atoms with Crippen LogP contribution in [0.5, 0.6) is 11.5 Å². The van der Waals surface area contributed by atoms with Gasteiger partial charge in [0, 0.05) is 22.3 Å². The van der Waals surface area contributed by atoms with Gasteiger partial charge < -0.3 is 14.4 Å². The first-order chi connectivity index (χ1) is 12.0. The van der Waals surface area contributed by atoms with Crippen molar-refractivity contribution in [2.75, 3.05) is 25.7 Å². The van der Waals surface area contributed by atoms with Crippen molar-refractivity contribution in [3.8, 4) is 11.5 Å². The van der Waals surface area contributed by atoms with E-state index in [1.165, 1.54) is 14.2 Å². The third kappa shape index (κ3) is 3.58. The van der Waals surface area contributed by atoms with Crippen LogP contribution >= 0.6 is 23.4 Å². The summed E-state index contributed by atoms with van der Waals surface area (Å²) in [4.78, 5) is 16.1. The lowest BCUT2D eigenvalue weighted by atomic mass is 10.1. The Balaban J connectivity index is 2.02. The molecule has 0 fully saturated rings. The molecule has 0 radical (unpaired) electrons. The maximum Gasteiger partial charge on any atom is 0.258 e. The number of ether oxygens (including phenoxy) is 2.